The molecule has 2 aliphatic rings. The summed E-state index contributed by atoms with van der Waals surface area (Å²) in [5.74, 6) is 0.910. The maximum absolute atomic E-state index is 12.8. The Labute approximate surface area is 181 Å². The summed E-state index contributed by atoms with van der Waals surface area (Å²) in [7, 11) is 0. The normalized spacial score (nSPS) is 21.9. The molecule has 0 radical (unpaired) electrons. The van der Waals surface area contributed by atoms with Gasteiger partial charge in [-0.15, -0.1) is 11.3 Å². The number of carbonyl (C=O) groups is 2. The Morgan fingerprint density at radius 1 is 0.967 bits per heavy atom. The monoisotopic (exact) mass is 427 g/mol. The summed E-state index contributed by atoms with van der Waals surface area (Å²) in [5.41, 5.74) is 0.415. The molecule has 0 aliphatic heterocycles. The molecule has 1 aromatic carbocycles. The van der Waals surface area contributed by atoms with Gasteiger partial charge in [-0.05, 0) is 37.8 Å². The van der Waals surface area contributed by atoms with Gasteiger partial charge in [0.2, 0.25) is 5.91 Å². The lowest BCUT2D eigenvalue weighted by atomic mass is 9.89. The highest BCUT2D eigenvalue weighted by atomic mass is 32.1. The van der Waals surface area contributed by atoms with Crippen LogP contribution in [-0.4, -0.2) is 28.9 Å². The van der Waals surface area contributed by atoms with Crippen LogP contribution in [0.2, 0.25) is 0 Å². The molecule has 1 heterocycles. The summed E-state index contributed by atoms with van der Waals surface area (Å²) in [4.78, 5) is 29.8. The van der Waals surface area contributed by atoms with E-state index in [1.165, 1.54) is 11.3 Å². The van der Waals surface area contributed by atoms with Crippen molar-refractivity contribution in [3.63, 3.8) is 0 Å². The SMILES string of the molecule is O=C(N[C@@H]1CCCC[C@@H]1NC(=O)C1CCCC1)c1csc(COc2ccccc2)n1. The first kappa shape index (κ1) is 20.8. The first-order valence-corrected chi connectivity index (χ1v) is 11.8. The zero-order chi connectivity index (χ0) is 20.8. The third-order valence-corrected chi connectivity index (χ3v) is 6.85. The number of amides is 2. The average molecular weight is 428 g/mol. The number of aromatic nitrogens is 1. The quantitative estimate of drug-likeness (QED) is 0.698. The van der Waals surface area contributed by atoms with E-state index in [9.17, 15) is 9.59 Å². The molecule has 160 valence electrons. The predicted octanol–water partition coefficient (Wildman–Crippen LogP) is 4.07. The Balaban J connectivity index is 1.31. The molecule has 2 aliphatic carbocycles. The molecule has 0 saturated heterocycles. The van der Waals surface area contributed by atoms with E-state index in [1.807, 2.05) is 30.3 Å². The van der Waals surface area contributed by atoms with E-state index < -0.39 is 0 Å². The van der Waals surface area contributed by atoms with Crippen LogP contribution in [0.15, 0.2) is 35.7 Å². The molecule has 0 spiro atoms. The number of nitrogens with zero attached hydrogens (tertiary/aromatic N) is 1. The van der Waals surface area contributed by atoms with E-state index in [4.69, 9.17) is 4.74 Å². The molecule has 4 rings (SSSR count). The number of hydrogen-bond acceptors (Lipinski definition) is 5. The minimum Gasteiger partial charge on any atom is -0.486 e. The van der Waals surface area contributed by atoms with E-state index in [-0.39, 0.29) is 29.8 Å². The Hall–Kier alpha value is -2.41. The van der Waals surface area contributed by atoms with E-state index in [0.717, 1.165) is 62.1 Å². The number of rotatable bonds is 7. The molecule has 7 heteroatoms. The van der Waals surface area contributed by atoms with Crippen molar-refractivity contribution in [1.82, 2.24) is 15.6 Å². The molecule has 2 atom stereocenters. The van der Waals surface area contributed by atoms with Gasteiger partial charge >= 0.3 is 0 Å². The fourth-order valence-electron chi connectivity index (χ4n) is 4.35. The van der Waals surface area contributed by atoms with Crippen molar-refractivity contribution in [2.24, 2.45) is 5.92 Å². The molecule has 2 aromatic rings. The second kappa shape index (κ2) is 10.1. The molecular formula is C23H29N3O3S. The highest BCUT2D eigenvalue weighted by Crippen LogP contribution is 2.26. The molecule has 30 heavy (non-hydrogen) atoms. The van der Waals surface area contributed by atoms with Gasteiger partial charge in [-0.1, -0.05) is 43.9 Å². The Bertz CT molecular complexity index is 848. The summed E-state index contributed by atoms with van der Waals surface area (Å²) in [6.07, 6.45) is 8.20. The maximum Gasteiger partial charge on any atom is 0.271 e. The second-order valence-electron chi connectivity index (χ2n) is 8.19. The zero-order valence-electron chi connectivity index (χ0n) is 17.1. The number of thiazole rings is 1. The second-order valence-corrected chi connectivity index (χ2v) is 9.13. The molecule has 0 unspecified atom stereocenters. The van der Waals surface area contributed by atoms with Gasteiger partial charge in [-0.25, -0.2) is 4.98 Å². The van der Waals surface area contributed by atoms with Gasteiger partial charge in [0.15, 0.2) is 0 Å². The molecular weight excluding hydrogens is 398 g/mol. The van der Waals surface area contributed by atoms with Gasteiger partial charge in [0.05, 0.1) is 0 Å². The van der Waals surface area contributed by atoms with Crippen molar-refractivity contribution in [3.8, 4) is 5.75 Å². The van der Waals surface area contributed by atoms with E-state index in [2.05, 4.69) is 15.6 Å². The number of para-hydroxylation sites is 1. The molecule has 2 saturated carbocycles. The smallest absolute Gasteiger partial charge is 0.271 e. The van der Waals surface area contributed by atoms with Crippen LogP contribution in [0.5, 0.6) is 5.75 Å². The van der Waals surface area contributed by atoms with Crippen molar-refractivity contribution >= 4 is 23.2 Å². The number of hydrogen-bond donors (Lipinski definition) is 2. The lowest BCUT2D eigenvalue weighted by molar-refractivity contribution is -0.125. The third kappa shape index (κ3) is 5.39. The molecule has 2 amide bonds. The van der Waals surface area contributed by atoms with Gasteiger partial charge < -0.3 is 15.4 Å². The number of ether oxygens (including phenoxy) is 1. The fraction of sp³-hybridized carbons (Fsp3) is 0.522. The van der Waals surface area contributed by atoms with Gasteiger partial charge in [0, 0.05) is 23.4 Å². The lowest BCUT2D eigenvalue weighted by Gasteiger charge is -2.33. The van der Waals surface area contributed by atoms with Gasteiger partial charge in [-0.3, -0.25) is 9.59 Å². The lowest BCUT2D eigenvalue weighted by Crippen LogP contribution is -2.54. The number of nitrogens with one attached hydrogen (secondary N) is 2. The number of benzene rings is 1. The molecule has 6 nitrogen and oxygen atoms in total. The first-order valence-electron chi connectivity index (χ1n) is 10.9. The molecule has 0 bridgehead atoms. The van der Waals surface area contributed by atoms with E-state index in [1.54, 1.807) is 5.38 Å². The van der Waals surface area contributed by atoms with Crippen molar-refractivity contribution < 1.29 is 14.3 Å². The summed E-state index contributed by atoms with van der Waals surface area (Å²) < 4.78 is 5.71. The van der Waals surface area contributed by atoms with Crippen LogP contribution < -0.4 is 15.4 Å². The Kier molecular flexibility index (Phi) is 7.00. The average Bonchev–Trinajstić information content (AvgIpc) is 3.47. The maximum atomic E-state index is 12.8. The van der Waals surface area contributed by atoms with Crippen LogP contribution in [-0.2, 0) is 11.4 Å². The van der Waals surface area contributed by atoms with Crippen molar-refractivity contribution in [3.05, 3.63) is 46.4 Å². The zero-order valence-corrected chi connectivity index (χ0v) is 18.0. The number of carbonyl (C=O) groups excluding carboxylic acids is 2. The van der Waals surface area contributed by atoms with Crippen LogP contribution in [0.3, 0.4) is 0 Å². The van der Waals surface area contributed by atoms with E-state index >= 15 is 0 Å². The summed E-state index contributed by atoms with van der Waals surface area (Å²) in [5, 5.41) is 8.87. The summed E-state index contributed by atoms with van der Waals surface area (Å²) in [6, 6.07) is 9.53. The van der Waals surface area contributed by atoms with Crippen LogP contribution >= 0.6 is 11.3 Å². The van der Waals surface area contributed by atoms with Gasteiger partial charge in [0.1, 0.15) is 23.1 Å². The van der Waals surface area contributed by atoms with Crippen LogP contribution in [0.25, 0.3) is 0 Å². The molecule has 2 N–H and O–H groups in total. The molecule has 2 fully saturated rings. The topological polar surface area (TPSA) is 80.3 Å². The highest BCUT2D eigenvalue weighted by Gasteiger charge is 2.31. The van der Waals surface area contributed by atoms with Gasteiger partial charge in [0.25, 0.3) is 5.91 Å². The first-order chi connectivity index (χ1) is 14.7. The fourth-order valence-corrected chi connectivity index (χ4v) is 5.04. The summed E-state index contributed by atoms with van der Waals surface area (Å²) in [6.45, 7) is 0.339. The largest absolute Gasteiger partial charge is 0.486 e. The van der Waals surface area contributed by atoms with Crippen molar-refractivity contribution in [2.45, 2.75) is 70.1 Å². The standard InChI is InChI=1S/C23H29N3O3S/c27-22(16-8-4-5-9-16)25-18-12-6-7-13-19(18)26-23(28)20-15-30-21(24-20)14-29-17-10-2-1-3-11-17/h1-3,10-11,15-16,18-19H,4-9,12-14H2,(H,25,27)(H,26,28)/t18-,19+/m0/s1. The highest BCUT2D eigenvalue weighted by molar-refractivity contribution is 7.09. The van der Waals surface area contributed by atoms with Crippen LogP contribution in [0.1, 0.15) is 66.9 Å². The third-order valence-electron chi connectivity index (χ3n) is 6.03. The molecule has 1 aromatic heterocycles. The van der Waals surface area contributed by atoms with E-state index in [0.29, 0.717) is 12.3 Å². The van der Waals surface area contributed by atoms with Crippen molar-refractivity contribution in [1.29, 1.82) is 0 Å². The van der Waals surface area contributed by atoms with Crippen LogP contribution in [0.4, 0.5) is 0 Å². The van der Waals surface area contributed by atoms with Gasteiger partial charge in [-0.2, -0.15) is 0 Å². The van der Waals surface area contributed by atoms with Crippen LogP contribution in [0, 0.1) is 5.92 Å². The minimum absolute atomic E-state index is 0.00956. The summed E-state index contributed by atoms with van der Waals surface area (Å²) >= 11 is 1.42. The predicted molar refractivity (Wildman–Crippen MR) is 116 cm³/mol. The minimum atomic E-state index is -0.177. The Morgan fingerprint density at radius 3 is 2.37 bits per heavy atom. The Morgan fingerprint density at radius 2 is 1.63 bits per heavy atom. The van der Waals surface area contributed by atoms with Crippen molar-refractivity contribution in [2.75, 3.05) is 0 Å².